The van der Waals surface area contributed by atoms with Crippen LogP contribution in [0, 0.1) is 5.82 Å². The zero-order valence-corrected chi connectivity index (χ0v) is 14.9. The number of nitrogens with zero attached hydrogens (tertiary/aromatic N) is 3. The van der Waals surface area contributed by atoms with Crippen molar-refractivity contribution in [2.45, 2.75) is 31.2 Å². The number of benzene rings is 1. The van der Waals surface area contributed by atoms with Gasteiger partial charge in [0, 0.05) is 13.7 Å². The lowest BCUT2D eigenvalue weighted by Gasteiger charge is -2.27. The molecule has 1 aliphatic rings. The molecule has 3 rings (SSSR count). The molecule has 2 atom stereocenters. The Hall–Kier alpha value is -2.75. The lowest BCUT2D eigenvalue weighted by molar-refractivity contribution is -0.192. The first-order chi connectivity index (χ1) is 13.2. The number of aliphatic carboxylic acids is 1. The number of rotatable bonds is 4. The van der Waals surface area contributed by atoms with Gasteiger partial charge in [-0.1, -0.05) is 30.3 Å². The number of halogens is 4. The summed E-state index contributed by atoms with van der Waals surface area (Å²) in [6, 6.07) is 10.5. The van der Waals surface area contributed by atoms with E-state index in [0.717, 1.165) is 19.4 Å². The minimum absolute atomic E-state index is 0.138. The Bertz CT molecular complexity index is 757. The SMILES string of the molecule is CO[C@@H]1CCN(c2ncc(F)cn2)[C@H]1Cc1ccccc1.O=C(O)C(F)(F)F. The van der Waals surface area contributed by atoms with Crippen molar-refractivity contribution in [1.29, 1.82) is 0 Å². The highest BCUT2D eigenvalue weighted by Crippen LogP contribution is 2.27. The summed E-state index contributed by atoms with van der Waals surface area (Å²) in [4.78, 5) is 19.2. The van der Waals surface area contributed by atoms with Crippen LogP contribution in [0.2, 0.25) is 0 Å². The van der Waals surface area contributed by atoms with Crippen molar-refractivity contribution in [3.05, 3.63) is 54.1 Å². The van der Waals surface area contributed by atoms with E-state index in [1.165, 1.54) is 18.0 Å². The standard InChI is InChI=1S/C16H18FN3O.C2HF3O2/c1-21-15-7-8-20(16-18-10-13(17)11-19-16)14(15)9-12-5-3-2-4-6-12;3-2(4,5)1(6)7/h2-6,10-11,14-15H,7-9H2,1H3;(H,6,7)/t14-,15+;/m0./s1. The molecule has 0 spiro atoms. The lowest BCUT2D eigenvalue weighted by Crippen LogP contribution is -2.38. The number of carbonyl (C=O) groups is 1. The summed E-state index contributed by atoms with van der Waals surface area (Å²) in [6.07, 6.45) is -0.738. The summed E-state index contributed by atoms with van der Waals surface area (Å²) in [7, 11) is 1.73. The quantitative estimate of drug-likeness (QED) is 0.794. The molecule has 0 radical (unpaired) electrons. The number of hydrogen-bond donors (Lipinski definition) is 1. The number of hydrogen-bond acceptors (Lipinski definition) is 5. The van der Waals surface area contributed by atoms with E-state index in [4.69, 9.17) is 14.6 Å². The third kappa shape index (κ3) is 5.88. The summed E-state index contributed by atoms with van der Waals surface area (Å²) in [5.74, 6) is -2.61. The van der Waals surface area contributed by atoms with Gasteiger partial charge in [0.15, 0.2) is 5.82 Å². The predicted octanol–water partition coefficient (Wildman–Crippen LogP) is 3.09. The molecule has 0 unspecified atom stereocenters. The van der Waals surface area contributed by atoms with Crippen LogP contribution in [-0.4, -0.2) is 53.0 Å². The van der Waals surface area contributed by atoms with Crippen molar-refractivity contribution in [1.82, 2.24) is 9.97 Å². The highest BCUT2D eigenvalue weighted by atomic mass is 19.4. The van der Waals surface area contributed by atoms with Crippen LogP contribution in [0.3, 0.4) is 0 Å². The number of methoxy groups -OCH3 is 1. The van der Waals surface area contributed by atoms with E-state index in [2.05, 4.69) is 27.0 Å². The average Bonchev–Trinajstić information content (AvgIpc) is 3.05. The summed E-state index contributed by atoms with van der Waals surface area (Å²) in [5.41, 5.74) is 1.25. The van der Waals surface area contributed by atoms with E-state index < -0.39 is 18.0 Å². The van der Waals surface area contributed by atoms with E-state index >= 15 is 0 Å². The van der Waals surface area contributed by atoms with Crippen LogP contribution in [-0.2, 0) is 16.0 Å². The van der Waals surface area contributed by atoms with Gasteiger partial charge in [-0.25, -0.2) is 19.2 Å². The number of anilines is 1. The maximum Gasteiger partial charge on any atom is 0.490 e. The van der Waals surface area contributed by atoms with E-state index in [9.17, 15) is 17.6 Å². The van der Waals surface area contributed by atoms with Crippen molar-refractivity contribution in [2.75, 3.05) is 18.6 Å². The molecule has 1 fully saturated rings. The normalized spacial score (nSPS) is 19.1. The largest absolute Gasteiger partial charge is 0.490 e. The summed E-state index contributed by atoms with van der Waals surface area (Å²) in [6.45, 7) is 0.821. The van der Waals surface area contributed by atoms with E-state index in [1.54, 1.807) is 7.11 Å². The highest BCUT2D eigenvalue weighted by Gasteiger charge is 2.38. The first kappa shape index (κ1) is 21.5. The zero-order valence-electron chi connectivity index (χ0n) is 14.9. The molecular weight excluding hydrogens is 382 g/mol. The summed E-state index contributed by atoms with van der Waals surface area (Å²) >= 11 is 0. The van der Waals surface area contributed by atoms with Crippen LogP contribution in [0.5, 0.6) is 0 Å². The molecule has 2 heterocycles. The fraction of sp³-hybridized carbons (Fsp3) is 0.389. The fourth-order valence-corrected chi connectivity index (χ4v) is 2.90. The Kier molecular flexibility index (Phi) is 7.27. The van der Waals surface area contributed by atoms with Gasteiger partial charge in [-0.3, -0.25) is 0 Å². The van der Waals surface area contributed by atoms with E-state index in [1.807, 2.05) is 18.2 Å². The molecule has 1 aromatic carbocycles. The molecule has 1 aliphatic heterocycles. The van der Waals surface area contributed by atoms with Gasteiger partial charge in [0.25, 0.3) is 0 Å². The summed E-state index contributed by atoms with van der Waals surface area (Å²) in [5, 5.41) is 7.12. The van der Waals surface area contributed by atoms with Gasteiger partial charge in [-0.2, -0.15) is 13.2 Å². The van der Waals surface area contributed by atoms with Gasteiger partial charge in [0.1, 0.15) is 0 Å². The molecule has 1 saturated heterocycles. The van der Waals surface area contributed by atoms with E-state index in [0.29, 0.717) is 5.95 Å². The Morgan fingerprint density at radius 1 is 1.25 bits per heavy atom. The maximum atomic E-state index is 13.0. The molecule has 10 heteroatoms. The van der Waals surface area contributed by atoms with Crippen molar-refractivity contribution in [2.24, 2.45) is 0 Å². The molecule has 152 valence electrons. The predicted molar refractivity (Wildman–Crippen MR) is 92.4 cm³/mol. The zero-order chi connectivity index (χ0) is 20.7. The van der Waals surface area contributed by atoms with Crippen molar-refractivity contribution in [3.63, 3.8) is 0 Å². The molecule has 6 nitrogen and oxygen atoms in total. The third-order valence-electron chi connectivity index (χ3n) is 4.18. The monoisotopic (exact) mass is 401 g/mol. The Balaban J connectivity index is 0.000000345. The third-order valence-corrected chi connectivity index (χ3v) is 4.18. The Morgan fingerprint density at radius 3 is 2.32 bits per heavy atom. The molecule has 2 aromatic rings. The van der Waals surface area contributed by atoms with Gasteiger partial charge in [-0.15, -0.1) is 0 Å². The van der Waals surface area contributed by atoms with Gasteiger partial charge in [-0.05, 0) is 18.4 Å². The summed E-state index contributed by atoms with van der Waals surface area (Å²) < 4.78 is 50.3. The fourth-order valence-electron chi connectivity index (χ4n) is 2.90. The molecular formula is C18H19F4N3O3. The number of carboxylic acids is 1. The smallest absolute Gasteiger partial charge is 0.475 e. The Morgan fingerprint density at radius 2 is 1.82 bits per heavy atom. The number of alkyl halides is 3. The number of carboxylic acid groups (broad SMARTS) is 1. The molecule has 0 amide bonds. The van der Waals surface area contributed by atoms with Crippen LogP contribution in [0.4, 0.5) is 23.5 Å². The van der Waals surface area contributed by atoms with Gasteiger partial charge in [0.2, 0.25) is 5.95 Å². The van der Waals surface area contributed by atoms with Crippen LogP contribution in [0.1, 0.15) is 12.0 Å². The van der Waals surface area contributed by atoms with Gasteiger partial charge in [0.05, 0.1) is 24.5 Å². The Labute approximate surface area is 158 Å². The van der Waals surface area contributed by atoms with Crippen LogP contribution < -0.4 is 4.90 Å². The van der Waals surface area contributed by atoms with Crippen molar-refractivity contribution >= 4 is 11.9 Å². The molecule has 0 saturated carbocycles. The number of ether oxygens (including phenoxy) is 1. The average molecular weight is 401 g/mol. The maximum absolute atomic E-state index is 13.0. The van der Waals surface area contributed by atoms with Crippen LogP contribution in [0.15, 0.2) is 42.7 Å². The first-order valence-corrected chi connectivity index (χ1v) is 8.33. The minimum Gasteiger partial charge on any atom is -0.475 e. The molecule has 1 N–H and O–H groups in total. The van der Waals surface area contributed by atoms with Gasteiger partial charge >= 0.3 is 12.1 Å². The van der Waals surface area contributed by atoms with Gasteiger partial charge < -0.3 is 14.7 Å². The second kappa shape index (κ2) is 9.45. The topological polar surface area (TPSA) is 75.5 Å². The molecule has 0 bridgehead atoms. The lowest BCUT2D eigenvalue weighted by atomic mass is 10.0. The second-order valence-electron chi connectivity index (χ2n) is 6.02. The second-order valence-corrected chi connectivity index (χ2v) is 6.02. The molecule has 28 heavy (non-hydrogen) atoms. The number of aromatic nitrogens is 2. The molecule has 0 aliphatic carbocycles. The van der Waals surface area contributed by atoms with Crippen molar-refractivity contribution in [3.8, 4) is 0 Å². The highest BCUT2D eigenvalue weighted by molar-refractivity contribution is 5.73. The van der Waals surface area contributed by atoms with Crippen molar-refractivity contribution < 1.29 is 32.2 Å². The minimum atomic E-state index is -5.08. The first-order valence-electron chi connectivity index (χ1n) is 8.33. The molecule has 1 aromatic heterocycles. The van der Waals surface area contributed by atoms with Crippen LogP contribution in [0.25, 0.3) is 0 Å². The van der Waals surface area contributed by atoms with E-state index in [-0.39, 0.29) is 12.1 Å². The van der Waals surface area contributed by atoms with Crippen LogP contribution >= 0.6 is 0 Å².